The predicted molar refractivity (Wildman–Crippen MR) is 70.2 cm³/mol. The number of hydrogen-bond acceptors (Lipinski definition) is 3. The van der Waals surface area contributed by atoms with Gasteiger partial charge in [-0.05, 0) is 25.0 Å². The van der Waals surface area contributed by atoms with Crippen LogP contribution in [0.25, 0.3) is 11.0 Å². The highest BCUT2D eigenvalue weighted by atomic mass is 16.3. The van der Waals surface area contributed by atoms with Crippen LogP contribution in [0.2, 0.25) is 0 Å². The van der Waals surface area contributed by atoms with Crippen molar-refractivity contribution in [2.75, 3.05) is 18.5 Å². The van der Waals surface area contributed by atoms with Crippen LogP contribution in [0, 0.1) is 0 Å². The van der Waals surface area contributed by atoms with Gasteiger partial charge in [-0.1, -0.05) is 19.1 Å². The number of nitrogens with one attached hydrogen (secondary N) is 1. The molecule has 0 atom stereocenters. The summed E-state index contributed by atoms with van der Waals surface area (Å²) in [7, 11) is 0. The molecule has 0 aliphatic heterocycles. The summed E-state index contributed by atoms with van der Waals surface area (Å²) in [5, 5.41) is 12.3. The van der Waals surface area contributed by atoms with Crippen LogP contribution in [0.5, 0.6) is 0 Å². The normalized spacial score (nSPS) is 10.9. The summed E-state index contributed by atoms with van der Waals surface area (Å²) in [6.07, 6.45) is 1.82. The summed E-state index contributed by atoms with van der Waals surface area (Å²) in [5.41, 5.74) is 2.13. The van der Waals surface area contributed by atoms with E-state index < -0.39 is 0 Å². The van der Waals surface area contributed by atoms with E-state index in [9.17, 15) is 0 Å². The number of aliphatic hydroxyl groups is 1. The third-order valence-corrected chi connectivity index (χ3v) is 2.73. The van der Waals surface area contributed by atoms with Crippen LogP contribution in [0.3, 0.4) is 0 Å². The summed E-state index contributed by atoms with van der Waals surface area (Å²) >= 11 is 0. The Labute approximate surface area is 101 Å². The molecule has 2 rings (SSSR count). The van der Waals surface area contributed by atoms with Gasteiger partial charge in [-0.2, -0.15) is 0 Å². The zero-order valence-corrected chi connectivity index (χ0v) is 10.2. The molecular weight excluding hydrogens is 214 g/mol. The highest BCUT2D eigenvalue weighted by Gasteiger charge is 2.08. The van der Waals surface area contributed by atoms with Gasteiger partial charge in [0.1, 0.15) is 0 Å². The Bertz CT molecular complexity index is 478. The van der Waals surface area contributed by atoms with E-state index in [1.807, 2.05) is 18.2 Å². The highest BCUT2D eigenvalue weighted by Crippen LogP contribution is 2.19. The molecule has 1 aromatic heterocycles. The largest absolute Gasteiger partial charge is 0.396 e. The molecule has 0 unspecified atom stereocenters. The molecule has 1 aromatic carbocycles. The number of nitrogens with zero attached hydrogens (tertiary/aromatic N) is 2. The van der Waals surface area contributed by atoms with Crippen LogP contribution in [-0.4, -0.2) is 27.8 Å². The highest BCUT2D eigenvalue weighted by molar-refractivity contribution is 5.78. The van der Waals surface area contributed by atoms with Crippen LogP contribution in [0.4, 0.5) is 5.95 Å². The van der Waals surface area contributed by atoms with Crippen molar-refractivity contribution in [3.05, 3.63) is 24.3 Å². The minimum Gasteiger partial charge on any atom is -0.396 e. The molecule has 2 N–H and O–H groups in total. The van der Waals surface area contributed by atoms with Crippen molar-refractivity contribution >= 4 is 17.0 Å². The van der Waals surface area contributed by atoms with Gasteiger partial charge in [0.2, 0.25) is 5.95 Å². The lowest BCUT2D eigenvalue weighted by molar-refractivity contribution is 0.281. The van der Waals surface area contributed by atoms with Gasteiger partial charge in [0.15, 0.2) is 0 Å². The Morgan fingerprint density at radius 2 is 2.18 bits per heavy atom. The van der Waals surface area contributed by atoms with E-state index in [4.69, 9.17) is 5.11 Å². The molecule has 0 aliphatic carbocycles. The smallest absolute Gasteiger partial charge is 0.203 e. The second kappa shape index (κ2) is 5.68. The lowest BCUT2D eigenvalue weighted by Gasteiger charge is -2.09. The number of benzene rings is 1. The van der Waals surface area contributed by atoms with Gasteiger partial charge in [0.25, 0.3) is 0 Å². The quantitative estimate of drug-likeness (QED) is 0.804. The Hall–Kier alpha value is -1.55. The van der Waals surface area contributed by atoms with Crippen LogP contribution >= 0.6 is 0 Å². The minimum atomic E-state index is 0.208. The van der Waals surface area contributed by atoms with Gasteiger partial charge >= 0.3 is 0 Å². The zero-order chi connectivity index (χ0) is 12.1. The van der Waals surface area contributed by atoms with Crippen LogP contribution in [-0.2, 0) is 6.54 Å². The molecule has 4 nitrogen and oxygen atoms in total. The Balaban J connectivity index is 2.34. The number of anilines is 1. The van der Waals surface area contributed by atoms with Crippen molar-refractivity contribution in [3.63, 3.8) is 0 Å². The van der Waals surface area contributed by atoms with E-state index in [0.29, 0.717) is 0 Å². The monoisotopic (exact) mass is 233 g/mol. The summed E-state index contributed by atoms with van der Waals surface area (Å²) < 4.78 is 2.14. The number of hydrogen-bond donors (Lipinski definition) is 2. The second-order valence-corrected chi connectivity index (χ2v) is 4.08. The number of aryl methyl sites for hydroxylation is 1. The number of para-hydroxylation sites is 2. The zero-order valence-electron chi connectivity index (χ0n) is 10.2. The molecule has 92 valence electrons. The van der Waals surface area contributed by atoms with Crippen molar-refractivity contribution in [3.8, 4) is 0 Å². The molecule has 17 heavy (non-hydrogen) atoms. The predicted octanol–water partition coefficient (Wildman–Crippen LogP) is 2.24. The van der Waals surface area contributed by atoms with E-state index in [-0.39, 0.29) is 6.61 Å². The summed E-state index contributed by atoms with van der Waals surface area (Å²) in [5.74, 6) is 0.904. The lowest BCUT2D eigenvalue weighted by atomic mass is 10.3. The standard InChI is InChI=1S/C13H19N3O/c1-2-8-14-13-15-11-6-3-4-7-12(11)16(13)9-5-10-17/h3-4,6-7,17H,2,5,8-10H2,1H3,(H,14,15). The fourth-order valence-electron chi connectivity index (χ4n) is 1.90. The Kier molecular flexibility index (Phi) is 3.98. The first kappa shape index (κ1) is 11.9. The van der Waals surface area contributed by atoms with E-state index in [0.717, 1.165) is 42.9 Å². The minimum absolute atomic E-state index is 0.208. The molecule has 0 amide bonds. The summed E-state index contributed by atoms with van der Waals surface area (Å²) in [4.78, 5) is 4.57. The molecule has 0 saturated heterocycles. The number of fused-ring (bicyclic) bond motifs is 1. The maximum Gasteiger partial charge on any atom is 0.203 e. The fourth-order valence-corrected chi connectivity index (χ4v) is 1.90. The van der Waals surface area contributed by atoms with E-state index in [1.165, 1.54) is 0 Å². The molecule has 0 saturated carbocycles. The number of rotatable bonds is 6. The van der Waals surface area contributed by atoms with E-state index >= 15 is 0 Å². The van der Waals surface area contributed by atoms with Crippen molar-refractivity contribution in [1.82, 2.24) is 9.55 Å². The molecule has 4 heteroatoms. The third kappa shape index (κ3) is 2.58. The van der Waals surface area contributed by atoms with E-state index in [1.54, 1.807) is 0 Å². The molecule has 0 aliphatic rings. The van der Waals surface area contributed by atoms with Crippen molar-refractivity contribution in [2.45, 2.75) is 26.3 Å². The maximum atomic E-state index is 8.95. The number of aromatic nitrogens is 2. The summed E-state index contributed by atoms with van der Waals surface area (Å²) in [6.45, 7) is 4.05. The first-order chi connectivity index (χ1) is 8.36. The van der Waals surface area contributed by atoms with Crippen molar-refractivity contribution in [2.24, 2.45) is 0 Å². The molecular formula is C13H19N3O. The topological polar surface area (TPSA) is 50.1 Å². The van der Waals surface area contributed by atoms with Crippen molar-refractivity contribution in [1.29, 1.82) is 0 Å². The Morgan fingerprint density at radius 1 is 1.35 bits per heavy atom. The average Bonchev–Trinajstić information content (AvgIpc) is 2.71. The third-order valence-electron chi connectivity index (χ3n) is 2.73. The van der Waals surface area contributed by atoms with Crippen LogP contribution in [0.1, 0.15) is 19.8 Å². The van der Waals surface area contributed by atoms with Crippen LogP contribution in [0.15, 0.2) is 24.3 Å². The van der Waals surface area contributed by atoms with E-state index in [2.05, 4.69) is 27.9 Å². The average molecular weight is 233 g/mol. The van der Waals surface area contributed by atoms with Gasteiger partial charge in [0, 0.05) is 19.7 Å². The second-order valence-electron chi connectivity index (χ2n) is 4.08. The molecule has 0 fully saturated rings. The van der Waals surface area contributed by atoms with Gasteiger partial charge in [-0.25, -0.2) is 4.98 Å². The molecule has 2 aromatic rings. The fraction of sp³-hybridized carbons (Fsp3) is 0.462. The lowest BCUT2D eigenvalue weighted by Crippen LogP contribution is -2.09. The first-order valence-electron chi connectivity index (χ1n) is 6.16. The van der Waals surface area contributed by atoms with Crippen LogP contribution < -0.4 is 5.32 Å². The molecule has 0 spiro atoms. The summed E-state index contributed by atoms with van der Waals surface area (Å²) in [6, 6.07) is 8.09. The van der Waals surface area contributed by atoms with Gasteiger partial charge in [-0.15, -0.1) is 0 Å². The molecule has 0 radical (unpaired) electrons. The molecule has 1 heterocycles. The number of aliphatic hydroxyl groups excluding tert-OH is 1. The van der Waals surface area contributed by atoms with Gasteiger partial charge < -0.3 is 15.0 Å². The van der Waals surface area contributed by atoms with Gasteiger partial charge in [0.05, 0.1) is 11.0 Å². The molecule has 0 bridgehead atoms. The van der Waals surface area contributed by atoms with Gasteiger partial charge in [-0.3, -0.25) is 0 Å². The number of imidazole rings is 1. The van der Waals surface area contributed by atoms with Crippen molar-refractivity contribution < 1.29 is 5.11 Å². The SMILES string of the molecule is CCCNc1nc2ccccc2n1CCCO. The maximum absolute atomic E-state index is 8.95. The Morgan fingerprint density at radius 3 is 2.94 bits per heavy atom. The first-order valence-corrected chi connectivity index (χ1v) is 6.16.